The van der Waals surface area contributed by atoms with Gasteiger partial charge in [-0.15, -0.1) is 0 Å². The van der Waals surface area contributed by atoms with E-state index in [1.165, 1.54) is 0 Å². The van der Waals surface area contributed by atoms with Crippen molar-refractivity contribution in [2.24, 2.45) is 0 Å². The van der Waals surface area contributed by atoms with Gasteiger partial charge in [-0.05, 0) is 38.0 Å². The van der Waals surface area contributed by atoms with Gasteiger partial charge in [0.15, 0.2) is 11.4 Å². The number of amides is 1. The Kier molecular flexibility index (Phi) is 4.14. The molecule has 0 aliphatic carbocycles. The standard InChI is InChI=1S/C17H20N4O2/c1-4-11(3)18-17(22)14-9-12(5-2)21-16(19-14)10-13(20-21)15-7-6-8-23-15/h6-11H,4-5H2,1-3H3,(H,18,22)/t11-/m0/s1. The lowest BCUT2D eigenvalue weighted by Crippen LogP contribution is -2.32. The molecule has 3 heterocycles. The summed E-state index contributed by atoms with van der Waals surface area (Å²) in [4.78, 5) is 16.8. The van der Waals surface area contributed by atoms with E-state index < -0.39 is 0 Å². The third-order valence-corrected chi connectivity index (χ3v) is 3.86. The number of rotatable bonds is 5. The van der Waals surface area contributed by atoms with Gasteiger partial charge >= 0.3 is 0 Å². The van der Waals surface area contributed by atoms with Gasteiger partial charge in [0.25, 0.3) is 5.91 Å². The zero-order chi connectivity index (χ0) is 16.4. The zero-order valence-electron chi connectivity index (χ0n) is 13.5. The third-order valence-electron chi connectivity index (χ3n) is 3.86. The van der Waals surface area contributed by atoms with E-state index in [0.29, 0.717) is 22.8 Å². The fourth-order valence-corrected chi connectivity index (χ4v) is 2.35. The average Bonchev–Trinajstić information content (AvgIpc) is 3.22. The molecule has 0 radical (unpaired) electrons. The predicted octanol–water partition coefficient (Wildman–Crippen LogP) is 3.08. The third kappa shape index (κ3) is 2.97. The molecule has 23 heavy (non-hydrogen) atoms. The SMILES string of the molecule is CCc1cc(C(=O)N[C@@H](C)CC)nc2cc(-c3ccco3)nn12. The molecule has 6 heteroatoms. The van der Waals surface area contributed by atoms with E-state index in [-0.39, 0.29) is 11.9 Å². The highest BCUT2D eigenvalue weighted by Gasteiger charge is 2.16. The molecule has 1 atom stereocenters. The van der Waals surface area contributed by atoms with Gasteiger partial charge in [0.05, 0.1) is 6.26 Å². The number of aromatic nitrogens is 3. The summed E-state index contributed by atoms with van der Waals surface area (Å²) in [5.74, 6) is 0.528. The highest BCUT2D eigenvalue weighted by Crippen LogP contribution is 2.20. The summed E-state index contributed by atoms with van der Waals surface area (Å²) in [5, 5.41) is 7.48. The Labute approximate surface area is 134 Å². The van der Waals surface area contributed by atoms with E-state index in [2.05, 4.69) is 15.4 Å². The first-order valence-electron chi connectivity index (χ1n) is 7.86. The van der Waals surface area contributed by atoms with Crippen LogP contribution in [0.4, 0.5) is 0 Å². The van der Waals surface area contributed by atoms with Crippen LogP contribution < -0.4 is 5.32 Å². The van der Waals surface area contributed by atoms with E-state index in [0.717, 1.165) is 18.5 Å². The Morgan fingerprint density at radius 1 is 1.39 bits per heavy atom. The van der Waals surface area contributed by atoms with Crippen LogP contribution in [-0.2, 0) is 6.42 Å². The maximum Gasteiger partial charge on any atom is 0.270 e. The summed E-state index contributed by atoms with van der Waals surface area (Å²) in [7, 11) is 0. The Morgan fingerprint density at radius 3 is 2.87 bits per heavy atom. The van der Waals surface area contributed by atoms with Gasteiger partial charge in [0.2, 0.25) is 0 Å². The lowest BCUT2D eigenvalue weighted by atomic mass is 10.2. The molecule has 0 saturated carbocycles. The van der Waals surface area contributed by atoms with Crippen LogP contribution >= 0.6 is 0 Å². The number of aryl methyl sites for hydroxylation is 1. The van der Waals surface area contributed by atoms with Gasteiger partial charge in [0, 0.05) is 17.8 Å². The van der Waals surface area contributed by atoms with Crippen LogP contribution in [0.25, 0.3) is 17.1 Å². The molecule has 0 aliphatic heterocycles. The van der Waals surface area contributed by atoms with Crippen molar-refractivity contribution in [1.82, 2.24) is 19.9 Å². The summed E-state index contributed by atoms with van der Waals surface area (Å²) >= 11 is 0. The van der Waals surface area contributed by atoms with E-state index in [4.69, 9.17) is 4.42 Å². The molecule has 3 aromatic heterocycles. The monoisotopic (exact) mass is 312 g/mol. The normalized spacial score (nSPS) is 12.5. The molecule has 1 amide bonds. The second kappa shape index (κ2) is 6.24. The molecular formula is C17H20N4O2. The molecule has 0 aromatic carbocycles. The molecule has 120 valence electrons. The van der Waals surface area contributed by atoms with Crippen molar-refractivity contribution >= 4 is 11.6 Å². The molecule has 1 N–H and O–H groups in total. The first kappa shape index (κ1) is 15.3. The van der Waals surface area contributed by atoms with Gasteiger partial charge in [-0.3, -0.25) is 4.79 Å². The minimum Gasteiger partial charge on any atom is -0.463 e. The second-order valence-corrected chi connectivity index (χ2v) is 5.55. The first-order valence-corrected chi connectivity index (χ1v) is 7.86. The Hall–Kier alpha value is -2.63. The second-order valence-electron chi connectivity index (χ2n) is 5.55. The van der Waals surface area contributed by atoms with Crippen molar-refractivity contribution < 1.29 is 9.21 Å². The van der Waals surface area contributed by atoms with Crippen LogP contribution in [0.1, 0.15) is 43.4 Å². The maximum atomic E-state index is 12.3. The number of furan rings is 1. The number of nitrogens with zero attached hydrogens (tertiary/aromatic N) is 3. The number of carbonyl (C=O) groups is 1. The van der Waals surface area contributed by atoms with Crippen molar-refractivity contribution in [3.63, 3.8) is 0 Å². The average molecular weight is 312 g/mol. The van der Waals surface area contributed by atoms with Crippen LogP contribution in [0.5, 0.6) is 0 Å². The lowest BCUT2D eigenvalue weighted by molar-refractivity contribution is 0.0934. The number of hydrogen-bond donors (Lipinski definition) is 1. The molecule has 0 aliphatic rings. The van der Waals surface area contributed by atoms with E-state index in [1.807, 2.05) is 39.0 Å². The molecule has 6 nitrogen and oxygen atoms in total. The van der Waals surface area contributed by atoms with E-state index in [9.17, 15) is 4.79 Å². The van der Waals surface area contributed by atoms with Gasteiger partial charge in [-0.2, -0.15) is 5.10 Å². The van der Waals surface area contributed by atoms with Crippen LogP contribution in [0.2, 0.25) is 0 Å². The molecule has 3 aromatic rings. The van der Waals surface area contributed by atoms with Gasteiger partial charge < -0.3 is 9.73 Å². The summed E-state index contributed by atoms with van der Waals surface area (Å²) < 4.78 is 7.15. The fraction of sp³-hybridized carbons (Fsp3) is 0.353. The van der Waals surface area contributed by atoms with Crippen LogP contribution in [-0.4, -0.2) is 26.5 Å². The van der Waals surface area contributed by atoms with Gasteiger partial charge in [-0.25, -0.2) is 9.50 Å². The number of nitrogens with one attached hydrogen (secondary N) is 1. The number of hydrogen-bond acceptors (Lipinski definition) is 4. The van der Waals surface area contributed by atoms with Crippen molar-refractivity contribution in [2.45, 2.75) is 39.7 Å². The summed E-state index contributed by atoms with van der Waals surface area (Å²) in [6.45, 7) is 6.04. The molecule has 0 fully saturated rings. The topological polar surface area (TPSA) is 72.4 Å². The van der Waals surface area contributed by atoms with E-state index >= 15 is 0 Å². The van der Waals surface area contributed by atoms with Crippen molar-refractivity contribution in [2.75, 3.05) is 0 Å². The molecule has 0 spiro atoms. The van der Waals surface area contributed by atoms with Gasteiger partial charge in [0.1, 0.15) is 11.4 Å². The number of carbonyl (C=O) groups excluding carboxylic acids is 1. The van der Waals surface area contributed by atoms with Crippen molar-refractivity contribution in [3.8, 4) is 11.5 Å². The van der Waals surface area contributed by atoms with Crippen molar-refractivity contribution in [3.05, 3.63) is 41.9 Å². The maximum absolute atomic E-state index is 12.3. The highest BCUT2D eigenvalue weighted by atomic mass is 16.3. The largest absolute Gasteiger partial charge is 0.463 e. The lowest BCUT2D eigenvalue weighted by Gasteiger charge is -2.11. The number of fused-ring (bicyclic) bond motifs is 1. The molecule has 0 unspecified atom stereocenters. The van der Waals surface area contributed by atoms with Crippen molar-refractivity contribution in [1.29, 1.82) is 0 Å². The van der Waals surface area contributed by atoms with Gasteiger partial charge in [-0.1, -0.05) is 13.8 Å². The quantitative estimate of drug-likeness (QED) is 0.786. The molecule has 0 saturated heterocycles. The first-order chi connectivity index (χ1) is 11.1. The Morgan fingerprint density at radius 2 is 2.22 bits per heavy atom. The highest BCUT2D eigenvalue weighted by molar-refractivity contribution is 5.93. The Balaban J connectivity index is 2.03. The molecule has 0 bridgehead atoms. The van der Waals surface area contributed by atoms with Crippen LogP contribution in [0.3, 0.4) is 0 Å². The van der Waals surface area contributed by atoms with Crippen LogP contribution in [0.15, 0.2) is 34.9 Å². The predicted molar refractivity (Wildman–Crippen MR) is 87.3 cm³/mol. The zero-order valence-corrected chi connectivity index (χ0v) is 13.5. The minimum absolute atomic E-state index is 0.120. The van der Waals surface area contributed by atoms with E-state index in [1.54, 1.807) is 16.8 Å². The minimum atomic E-state index is -0.155. The summed E-state index contributed by atoms with van der Waals surface area (Å²) in [6, 6.07) is 7.42. The summed E-state index contributed by atoms with van der Waals surface area (Å²) in [6.07, 6.45) is 3.24. The fourth-order valence-electron chi connectivity index (χ4n) is 2.35. The molecular weight excluding hydrogens is 292 g/mol. The molecule has 3 rings (SSSR count). The summed E-state index contributed by atoms with van der Waals surface area (Å²) in [5.41, 5.74) is 2.70. The van der Waals surface area contributed by atoms with Crippen LogP contribution in [0, 0.1) is 0 Å². The Bertz CT molecular complexity index is 821. The smallest absolute Gasteiger partial charge is 0.270 e.